The number of hydrogen-bond acceptors (Lipinski definition) is 2. The minimum Gasteiger partial charge on any atom is -0.293 e. The first-order valence-electron chi connectivity index (χ1n) is 5.89. The van der Waals surface area contributed by atoms with Crippen LogP contribution >= 0.6 is 27.3 Å². The van der Waals surface area contributed by atoms with Crippen molar-refractivity contribution in [2.45, 2.75) is 20.8 Å². The highest BCUT2D eigenvalue weighted by Crippen LogP contribution is 2.33. The lowest BCUT2D eigenvalue weighted by molar-refractivity contribution is 0.0943. The van der Waals surface area contributed by atoms with Crippen LogP contribution in [0, 0.1) is 12.8 Å². The molecular formula is C15H15BrOS. The summed E-state index contributed by atoms with van der Waals surface area (Å²) in [6.45, 7) is 5.96. The summed E-state index contributed by atoms with van der Waals surface area (Å²) < 4.78 is 1.06. The van der Waals surface area contributed by atoms with Crippen molar-refractivity contribution in [2.75, 3.05) is 0 Å². The number of thiophene rings is 1. The molecule has 0 unspecified atom stereocenters. The highest BCUT2D eigenvalue weighted by atomic mass is 79.9. The molecule has 0 spiro atoms. The van der Waals surface area contributed by atoms with Crippen molar-refractivity contribution in [3.05, 3.63) is 45.2 Å². The van der Waals surface area contributed by atoms with Gasteiger partial charge in [0.15, 0.2) is 5.78 Å². The van der Waals surface area contributed by atoms with Gasteiger partial charge in [0.25, 0.3) is 0 Å². The molecule has 0 N–H and O–H groups in total. The van der Waals surface area contributed by atoms with Gasteiger partial charge in [-0.05, 0) is 42.3 Å². The van der Waals surface area contributed by atoms with E-state index in [4.69, 9.17) is 0 Å². The molecule has 2 aromatic rings. The Balaban J connectivity index is 2.41. The van der Waals surface area contributed by atoms with Crippen LogP contribution in [0.2, 0.25) is 0 Å². The molecule has 1 nitrogen and oxygen atoms in total. The summed E-state index contributed by atoms with van der Waals surface area (Å²) in [5, 5.41) is 0. The SMILES string of the molecule is Cc1ccc(Br)cc1-c1ccc(C(=O)C(C)C)s1. The second-order valence-corrected chi connectivity index (χ2v) is 6.64. The Hall–Kier alpha value is -0.930. The first-order valence-corrected chi connectivity index (χ1v) is 7.50. The van der Waals surface area contributed by atoms with Crippen LogP contribution in [-0.2, 0) is 0 Å². The van der Waals surface area contributed by atoms with Crippen molar-refractivity contribution >= 4 is 33.0 Å². The lowest BCUT2D eigenvalue weighted by Gasteiger charge is -2.04. The van der Waals surface area contributed by atoms with Gasteiger partial charge < -0.3 is 0 Å². The van der Waals surface area contributed by atoms with Crippen molar-refractivity contribution in [2.24, 2.45) is 5.92 Å². The molecule has 1 aromatic carbocycles. The van der Waals surface area contributed by atoms with Gasteiger partial charge in [0.1, 0.15) is 0 Å². The molecule has 0 bridgehead atoms. The van der Waals surface area contributed by atoms with E-state index in [0.717, 1.165) is 14.2 Å². The number of carbonyl (C=O) groups is 1. The number of rotatable bonds is 3. The van der Waals surface area contributed by atoms with E-state index in [1.165, 1.54) is 11.1 Å². The van der Waals surface area contributed by atoms with Crippen LogP contribution in [0.5, 0.6) is 0 Å². The fraction of sp³-hybridized carbons (Fsp3) is 0.267. The Bertz CT molecular complexity index is 584. The Morgan fingerprint density at radius 1 is 1.22 bits per heavy atom. The summed E-state index contributed by atoms with van der Waals surface area (Å²) in [7, 11) is 0. The summed E-state index contributed by atoms with van der Waals surface area (Å²) in [5.74, 6) is 0.277. The number of Topliss-reactive ketones (excluding diaryl/α,β-unsaturated/α-hetero) is 1. The first kappa shape index (κ1) is 13.5. The topological polar surface area (TPSA) is 17.1 Å². The van der Waals surface area contributed by atoms with Crippen LogP contribution in [0.15, 0.2) is 34.8 Å². The van der Waals surface area contributed by atoms with Gasteiger partial charge >= 0.3 is 0 Å². The van der Waals surface area contributed by atoms with E-state index in [2.05, 4.69) is 35.0 Å². The van der Waals surface area contributed by atoms with Gasteiger partial charge in [-0.25, -0.2) is 0 Å². The summed E-state index contributed by atoms with van der Waals surface area (Å²) in [5.41, 5.74) is 2.42. The zero-order valence-electron chi connectivity index (χ0n) is 10.7. The molecule has 0 atom stereocenters. The van der Waals surface area contributed by atoms with Gasteiger partial charge in [-0.2, -0.15) is 0 Å². The zero-order chi connectivity index (χ0) is 13.3. The maximum atomic E-state index is 11.9. The van der Waals surface area contributed by atoms with E-state index in [-0.39, 0.29) is 11.7 Å². The second kappa shape index (κ2) is 5.37. The van der Waals surface area contributed by atoms with Gasteiger partial charge in [0.2, 0.25) is 0 Å². The molecule has 1 heterocycles. The third-order valence-corrected chi connectivity index (χ3v) is 4.46. The molecule has 18 heavy (non-hydrogen) atoms. The first-order chi connectivity index (χ1) is 8.49. The quantitative estimate of drug-likeness (QED) is 0.698. The molecule has 0 fully saturated rings. The minimum absolute atomic E-state index is 0.0557. The molecular weight excluding hydrogens is 308 g/mol. The van der Waals surface area contributed by atoms with Crippen molar-refractivity contribution in [1.82, 2.24) is 0 Å². The van der Waals surface area contributed by atoms with Crippen molar-refractivity contribution in [3.63, 3.8) is 0 Å². The van der Waals surface area contributed by atoms with Gasteiger partial charge in [0.05, 0.1) is 4.88 Å². The molecule has 0 amide bonds. The zero-order valence-corrected chi connectivity index (χ0v) is 13.1. The Labute approximate surface area is 120 Å². The molecule has 1 aromatic heterocycles. The van der Waals surface area contributed by atoms with Crippen LogP contribution < -0.4 is 0 Å². The van der Waals surface area contributed by atoms with E-state index in [1.54, 1.807) is 11.3 Å². The summed E-state index contributed by atoms with van der Waals surface area (Å²) in [6, 6.07) is 10.2. The number of halogens is 1. The average molecular weight is 323 g/mol. The van der Waals surface area contributed by atoms with Crippen LogP contribution in [0.4, 0.5) is 0 Å². The van der Waals surface area contributed by atoms with Crippen molar-refractivity contribution in [3.8, 4) is 10.4 Å². The fourth-order valence-corrected chi connectivity index (χ4v) is 3.30. The standard InChI is InChI=1S/C15H15BrOS/c1-9(2)15(17)14-7-6-13(18-14)12-8-11(16)5-4-10(12)3/h4-9H,1-3H3. The van der Waals surface area contributed by atoms with E-state index in [9.17, 15) is 4.79 Å². The molecule has 3 heteroatoms. The average Bonchev–Trinajstić information content (AvgIpc) is 2.80. The molecule has 94 valence electrons. The van der Waals surface area contributed by atoms with E-state index >= 15 is 0 Å². The summed E-state index contributed by atoms with van der Waals surface area (Å²) >= 11 is 5.07. The molecule has 2 rings (SSSR count). The van der Waals surface area contributed by atoms with Gasteiger partial charge in [0, 0.05) is 15.3 Å². The van der Waals surface area contributed by atoms with E-state index in [1.807, 2.05) is 32.0 Å². The Morgan fingerprint density at radius 2 is 1.94 bits per heavy atom. The van der Waals surface area contributed by atoms with E-state index < -0.39 is 0 Å². The predicted octanol–water partition coefficient (Wildman–Crippen LogP) is 5.32. The van der Waals surface area contributed by atoms with Gasteiger partial charge in [-0.15, -0.1) is 11.3 Å². The number of ketones is 1. The van der Waals surface area contributed by atoms with Crippen LogP contribution in [0.3, 0.4) is 0 Å². The monoisotopic (exact) mass is 322 g/mol. The molecule has 0 saturated heterocycles. The number of benzene rings is 1. The van der Waals surface area contributed by atoms with Crippen LogP contribution in [0.25, 0.3) is 10.4 Å². The smallest absolute Gasteiger partial charge is 0.175 e. The molecule has 0 aliphatic heterocycles. The number of hydrogen-bond donors (Lipinski definition) is 0. The fourth-order valence-electron chi connectivity index (χ4n) is 1.76. The summed E-state index contributed by atoms with van der Waals surface area (Å²) in [4.78, 5) is 13.9. The van der Waals surface area contributed by atoms with Gasteiger partial charge in [-0.3, -0.25) is 4.79 Å². The molecule has 0 saturated carbocycles. The molecule has 0 aliphatic carbocycles. The third-order valence-electron chi connectivity index (χ3n) is 2.84. The third kappa shape index (κ3) is 2.73. The maximum Gasteiger partial charge on any atom is 0.175 e. The highest BCUT2D eigenvalue weighted by Gasteiger charge is 2.14. The van der Waals surface area contributed by atoms with E-state index in [0.29, 0.717) is 0 Å². The van der Waals surface area contributed by atoms with Crippen molar-refractivity contribution in [1.29, 1.82) is 0 Å². The normalized spacial score (nSPS) is 10.9. The minimum atomic E-state index is 0.0557. The lowest BCUT2D eigenvalue weighted by Crippen LogP contribution is -2.04. The lowest BCUT2D eigenvalue weighted by atomic mass is 10.1. The molecule has 0 radical (unpaired) electrons. The van der Waals surface area contributed by atoms with Crippen LogP contribution in [-0.4, -0.2) is 5.78 Å². The predicted molar refractivity (Wildman–Crippen MR) is 81.4 cm³/mol. The Kier molecular flexibility index (Phi) is 4.03. The summed E-state index contributed by atoms with van der Waals surface area (Å²) in [6.07, 6.45) is 0. The van der Waals surface area contributed by atoms with Crippen molar-refractivity contribution < 1.29 is 4.79 Å². The van der Waals surface area contributed by atoms with Crippen LogP contribution in [0.1, 0.15) is 29.1 Å². The Morgan fingerprint density at radius 3 is 2.61 bits per heavy atom. The number of aryl methyl sites for hydroxylation is 1. The number of carbonyl (C=O) groups excluding carboxylic acids is 1. The maximum absolute atomic E-state index is 11.9. The largest absolute Gasteiger partial charge is 0.293 e. The highest BCUT2D eigenvalue weighted by molar-refractivity contribution is 9.10. The van der Waals surface area contributed by atoms with Gasteiger partial charge in [-0.1, -0.05) is 35.8 Å². The second-order valence-electron chi connectivity index (χ2n) is 4.64. The molecule has 0 aliphatic rings.